The van der Waals surface area contributed by atoms with Crippen molar-refractivity contribution in [3.8, 4) is 0 Å². The first-order valence-electron chi connectivity index (χ1n) is 6.48. The van der Waals surface area contributed by atoms with Gasteiger partial charge >= 0.3 is 0 Å². The molecule has 0 saturated carbocycles. The second-order valence-electron chi connectivity index (χ2n) is 4.39. The molecule has 1 heterocycles. The molecule has 0 bridgehead atoms. The van der Waals surface area contributed by atoms with Crippen LogP contribution in [-0.2, 0) is 11.2 Å². The third-order valence-electron chi connectivity index (χ3n) is 2.80. The summed E-state index contributed by atoms with van der Waals surface area (Å²) in [4.78, 5) is 23.8. The van der Waals surface area contributed by atoms with Crippen LogP contribution in [-0.4, -0.2) is 24.9 Å². The first-order valence-corrected chi connectivity index (χ1v) is 7.36. The average molecular weight is 306 g/mol. The molecule has 0 saturated heterocycles. The summed E-state index contributed by atoms with van der Waals surface area (Å²) in [5.41, 5.74) is 0.944. The molecule has 6 heteroatoms. The van der Waals surface area contributed by atoms with Gasteiger partial charge in [-0.3, -0.25) is 9.59 Å². The van der Waals surface area contributed by atoms with E-state index in [0.717, 1.165) is 5.56 Å². The summed E-state index contributed by atoms with van der Waals surface area (Å²) >= 11 is 1.32. The van der Waals surface area contributed by atoms with Gasteiger partial charge in [-0.15, -0.1) is 11.3 Å². The molecular formula is C15H15FN2O2S. The lowest BCUT2D eigenvalue weighted by molar-refractivity contribution is -0.120. The molecule has 0 fully saturated rings. The van der Waals surface area contributed by atoms with E-state index in [1.54, 1.807) is 29.6 Å². The molecule has 0 atom stereocenters. The number of amides is 2. The molecule has 2 rings (SSSR count). The van der Waals surface area contributed by atoms with E-state index in [0.29, 0.717) is 17.8 Å². The monoisotopic (exact) mass is 306 g/mol. The quantitative estimate of drug-likeness (QED) is 0.857. The van der Waals surface area contributed by atoms with Crippen molar-refractivity contribution >= 4 is 23.2 Å². The van der Waals surface area contributed by atoms with Crippen LogP contribution in [0.1, 0.15) is 15.2 Å². The van der Waals surface area contributed by atoms with Crippen LogP contribution in [0.15, 0.2) is 41.8 Å². The number of hydrogen-bond donors (Lipinski definition) is 2. The Morgan fingerprint density at radius 1 is 1.10 bits per heavy atom. The summed E-state index contributed by atoms with van der Waals surface area (Å²) in [6, 6.07) is 9.62. The standard InChI is InChI=1S/C15H15FN2O2S/c16-12-5-3-11(4-6-12)7-8-17-14(19)10-18-15(20)13-2-1-9-21-13/h1-6,9H,7-8,10H2,(H,17,19)(H,18,20). The lowest BCUT2D eigenvalue weighted by atomic mass is 10.1. The maximum absolute atomic E-state index is 12.7. The predicted octanol–water partition coefficient (Wildman–Crippen LogP) is 1.98. The van der Waals surface area contributed by atoms with Gasteiger partial charge in [0.15, 0.2) is 0 Å². The SMILES string of the molecule is O=C(CNC(=O)c1cccs1)NCCc1ccc(F)cc1. The highest BCUT2D eigenvalue weighted by atomic mass is 32.1. The molecule has 2 N–H and O–H groups in total. The third-order valence-corrected chi connectivity index (χ3v) is 3.67. The first-order chi connectivity index (χ1) is 10.1. The molecule has 0 spiro atoms. The number of nitrogens with one attached hydrogen (secondary N) is 2. The zero-order chi connectivity index (χ0) is 15.1. The first kappa shape index (κ1) is 15.2. The van der Waals surface area contributed by atoms with Crippen LogP contribution < -0.4 is 10.6 Å². The molecule has 0 radical (unpaired) electrons. The van der Waals surface area contributed by atoms with Crippen molar-refractivity contribution in [2.45, 2.75) is 6.42 Å². The highest BCUT2D eigenvalue weighted by Gasteiger charge is 2.08. The summed E-state index contributed by atoms with van der Waals surface area (Å²) in [5.74, 6) is -0.778. The maximum Gasteiger partial charge on any atom is 0.261 e. The van der Waals surface area contributed by atoms with Gasteiger partial charge in [0, 0.05) is 6.54 Å². The molecular weight excluding hydrogens is 291 g/mol. The Kier molecular flexibility index (Phi) is 5.45. The van der Waals surface area contributed by atoms with E-state index in [9.17, 15) is 14.0 Å². The molecule has 21 heavy (non-hydrogen) atoms. The Morgan fingerprint density at radius 2 is 1.86 bits per heavy atom. The second-order valence-corrected chi connectivity index (χ2v) is 5.33. The van der Waals surface area contributed by atoms with Crippen LogP contribution in [0.5, 0.6) is 0 Å². The van der Waals surface area contributed by atoms with Crippen LogP contribution in [0, 0.1) is 5.82 Å². The van der Waals surface area contributed by atoms with Crippen molar-refractivity contribution < 1.29 is 14.0 Å². The molecule has 2 amide bonds. The van der Waals surface area contributed by atoms with Gasteiger partial charge in [0.25, 0.3) is 5.91 Å². The van der Waals surface area contributed by atoms with E-state index in [1.165, 1.54) is 23.5 Å². The number of carbonyl (C=O) groups excluding carboxylic acids is 2. The van der Waals surface area contributed by atoms with Gasteiger partial charge in [0.1, 0.15) is 5.82 Å². The molecule has 0 aliphatic rings. The topological polar surface area (TPSA) is 58.2 Å². The number of carbonyl (C=O) groups is 2. The molecule has 0 unspecified atom stereocenters. The highest BCUT2D eigenvalue weighted by molar-refractivity contribution is 7.12. The number of halogens is 1. The summed E-state index contributed by atoms with van der Waals surface area (Å²) in [7, 11) is 0. The smallest absolute Gasteiger partial charge is 0.261 e. The summed E-state index contributed by atoms with van der Waals surface area (Å²) < 4.78 is 12.7. The van der Waals surface area contributed by atoms with Crippen molar-refractivity contribution in [1.29, 1.82) is 0 Å². The average Bonchev–Trinajstić information content (AvgIpc) is 3.01. The number of benzene rings is 1. The molecule has 110 valence electrons. The largest absolute Gasteiger partial charge is 0.354 e. The molecule has 1 aromatic carbocycles. The molecule has 1 aromatic heterocycles. The fraction of sp³-hybridized carbons (Fsp3) is 0.200. The van der Waals surface area contributed by atoms with Crippen molar-refractivity contribution in [1.82, 2.24) is 10.6 Å². The third kappa shape index (κ3) is 5.00. The fourth-order valence-electron chi connectivity index (χ4n) is 1.72. The molecule has 0 aliphatic carbocycles. The van der Waals surface area contributed by atoms with E-state index >= 15 is 0 Å². The number of hydrogen-bond acceptors (Lipinski definition) is 3. The van der Waals surface area contributed by atoms with Crippen LogP contribution >= 0.6 is 11.3 Å². The summed E-state index contributed by atoms with van der Waals surface area (Å²) in [5, 5.41) is 7.06. The van der Waals surface area contributed by atoms with E-state index in [4.69, 9.17) is 0 Å². The van der Waals surface area contributed by atoms with E-state index in [2.05, 4.69) is 10.6 Å². The molecule has 4 nitrogen and oxygen atoms in total. The number of thiophene rings is 1. The van der Waals surface area contributed by atoms with Crippen LogP contribution in [0.2, 0.25) is 0 Å². The lowest BCUT2D eigenvalue weighted by Gasteiger charge is -2.06. The Labute approximate surface area is 126 Å². The minimum atomic E-state index is -0.279. The molecule has 0 aliphatic heterocycles. The number of rotatable bonds is 6. The van der Waals surface area contributed by atoms with Crippen LogP contribution in [0.3, 0.4) is 0 Å². The Hall–Kier alpha value is -2.21. The highest BCUT2D eigenvalue weighted by Crippen LogP contribution is 2.07. The molecule has 2 aromatic rings. The lowest BCUT2D eigenvalue weighted by Crippen LogP contribution is -2.37. The van der Waals surface area contributed by atoms with Gasteiger partial charge in [-0.05, 0) is 35.6 Å². The van der Waals surface area contributed by atoms with E-state index in [1.807, 2.05) is 0 Å². The zero-order valence-corrected chi connectivity index (χ0v) is 12.1. The van der Waals surface area contributed by atoms with E-state index < -0.39 is 0 Å². The zero-order valence-electron chi connectivity index (χ0n) is 11.3. The van der Waals surface area contributed by atoms with E-state index in [-0.39, 0.29) is 24.2 Å². The fourth-order valence-corrected chi connectivity index (χ4v) is 2.36. The maximum atomic E-state index is 12.7. The second kappa shape index (κ2) is 7.54. The predicted molar refractivity (Wildman–Crippen MR) is 79.8 cm³/mol. The minimum absolute atomic E-state index is 0.0554. The van der Waals surface area contributed by atoms with Crippen molar-refractivity contribution in [3.05, 3.63) is 58.0 Å². The van der Waals surface area contributed by atoms with Gasteiger partial charge < -0.3 is 10.6 Å². The Bertz CT molecular complexity index is 597. The van der Waals surface area contributed by atoms with Gasteiger partial charge in [0.2, 0.25) is 5.91 Å². The van der Waals surface area contributed by atoms with Crippen LogP contribution in [0.4, 0.5) is 4.39 Å². The minimum Gasteiger partial charge on any atom is -0.354 e. The van der Waals surface area contributed by atoms with Gasteiger partial charge in [-0.25, -0.2) is 4.39 Å². The normalized spacial score (nSPS) is 10.1. The van der Waals surface area contributed by atoms with Gasteiger partial charge in [0.05, 0.1) is 11.4 Å². The van der Waals surface area contributed by atoms with Crippen molar-refractivity contribution in [2.24, 2.45) is 0 Å². The Morgan fingerprint density at radius 3 is 2.52 bits per heavy atom. The Balaban J connectivity index is 1.66. The van der Waals surface area contributed by atoms with Crippen molar-refractivity contribution in [3.63, 3.8) is 0 Å². The van der Waals surface area contributed by atoms with Gasteiger partial charge in [-0.2, -0.15) is 0 Å². The van der Waals surface area contributed by atoms with Crippen molar-refractivity contribution in [2.75, 3.05) is 13.1 Å². The summed E-state index contributed by atoms with van der Waals surface area (Å²) in [6.45, 7) is 0.388. The van der Waals surface area contributed by atoms with Gasteiger partial charge in [-0.1, -0.05) is 18.2 Å². The summed E-state index contributed by atoms with van der Waals surface area (Å²) in [6.07, 6.45) is 0.616. The van der Waals surface area contributed by atoms with Crippen LogP contribution in [0.25, 0.3) is 0 Å².